The lowest BCUT2D eigenvalue weighted by Crippen LogP contribution is -2.65. The van der Waals surface area contributed by atoms with Gasteiger partial charge in [0.2, 0.25) is 5.12 Å². The second kappa shape index (κ2) is 8.72. The molecular formula is C31H38O4S. The van der Waals surface area contributed by atoms with Gasteiger partial charge in [0.05, 0.1) is 13.0 Å². The monoisotopic (exact) mass is 506 g/mol. The van der Waals surface area contributed by atoms with Gasteiger partial charge in [-0.1, -0.05) is 58.0 Å². The normalized spacial score (nSPS) is 39.5. The van der Waals surface area contributed by atoms with Gasteiger partial charge in [0.25, 0.3) is 0 Å². The molecule has 4 nitrogen and oxygen atoms in total. The Hall–Kier alpha value is -2.14. The van der Waals surface area contributed by atoms with Crippen molar-refractivity contribution in [1.29, 1.82) is 0 Å². The number of hydrogen-bond acceptors (Lipinski definition) is 5. The Bertz CT molecular complexity index is 1150. The number of allylic oxidation sites excluding steroid dienone is 3. The standard InChI is InChI=1S/C31H38O4S/c1-20(27(34)36-22-9-7-6-8-10-22)17-21-11-12-24-29(4,31(21)18-26(33)35-19-31)16-13-23-28(2,3)15-14-25(32)30(23,24)5/h6-10,14-15,17,21,23-24H,11-13,16,18-19H2,1-5H3/b20-17+/t21-,23?,24+,29-,30+,31+/m1/s1. The van der Waals surface area contributed by atoms with E-state index in [0.29, 0.717) is 13.0 Å². The van der Waals surface area contributed by atoms with Crippen LogP contribution in [0.2, 0.25) is 0 Å². The van der Waals surface area contributed by atoms with E-state index in [2.05, 4.69) is 39.8 Å². The number of carbonyl (C=O) groups is 3. The first-order chi connectivity index (χ1) is 16.9. The summed E-state index contributed by atoms with van der Waals surface area (Å²) in [5.41, 5.74) is -0.380. The number of cyclic esters (lactones) is 1. The fourth-order valence-corrected chi connectivity index (χ4v) is 9.36. The highest BCUT2D eigenvalue weighted by Crippen LogP contribution is 2.72. The van der Waals surface area contributed by atoms with E-state index in [1.165, 1.54) is 11.8 Å². The van der Waals surface area contributed by atoms with Crippen LogP contribution in [-0.4, -0.2) is 23.5 Å². The summed E-state index contributed by atoms with van der Waals surface area (Å²) in [7, 11) is 0. The number of ketones is 1. The highest BCUT2D eigenvalue weighted by molar-refractivity contribution is 8.14. The minimum absolute atomic E-state index is 0.0342. The number of benzene rings is 1. The molecule has 5 heteroatoms. The molecule has 2 saturated carbocycles. The maximum absolute atomic E-state index is 13.6. The fourth-order valence-electron chi connectivity index (χ4n) is 8.62. The molecule has 0 radical (unpaired) electrons. The van der Waals surface area contributed by atoms with E-state index in [-0.39, 0.29) is 45.5 Å². The molecular weight excluding hydrogens is 468 g/mol. The van der Waals surface area contributed by atoms with Crippen LogP contribution < -0.4 is 0 Å². The van der Waals surface area contributed by atoms with Crippen molar-refractivity contribution in [3.63, 3.8) is 0 Å². The summed E-state index contributed by atoms with van der Waals surface area (Å²) in [6, 6.07) is 9.72. The van der Waals surface area contributed by atoms with Gasteiger partial charge in [-0.05, 0) is 96.7 Å². The fraction of sp³-hybridized carbons (Fsp3) is 0.581. The summed E-state index contributed by atoms with van der Waals surface area (Å²) < 4.78 is 5.71. The SMILES string of the molecule is C/C(=C\[C@H]1CC[C@@H]2[C@@]3(C)C(=O)C=CC(C)(C)C3CC[C@@]2(C)[C@@]12COC(=O)C2)C(=O)Sc1ccccc1. The Morgan fingerprint density at radius 1 is 1.03 bits per heavy atom. The van der Waals surface area contributed by atoms with Gasteiger partial charge in [0.15, 0.2) is 5.78 Å². The number of thioether (sulfide) groups is 1. The lowest BCUT2D eigenvalue weighted by atomic mass is 9.35. The summed E-state index contributed by atoms with van der Waals surface area (Å²) in [5, 5.41) is 0.0406. The van der Waals surface area contributed by atoms with E-state index in [9.17, 15) is 14.4 Å². The zero-order valence-corrected chi connectivity index (χ0v) is 23.0. The van der Waals surface area contributed by atoms with Crippen LogP contribution in [0.1, 0.15) is 66.7 Å². The van der Waals surface area contributed by atoms with Gasteiger partial charge >= 0.3 is 5.97 Å². The van der Waals surface area contributed by atoms with Gasteiger partial charge in [-0.2, -0.15) is 0 Å². The van der Waals surface area contributed by atoms with Gasteiger partial charge in [-0.15, -0.1) is 0 Å². The third-order valence-corrected chi connectivity index (χ3v) is 11.6. The topological polar surface area (TPSA) is 60.4 Å². The summed E-state index contributed by atoms with van der Waals surface area (Å²) in [5.74, 6) is 0.610. The largest absolute Gasteiger partial charge is 0.465 e. The van der Waals surface area contributed by atoms with E-state index in [4.69, 9.17) is 4.74 Å². The summed E-state index contributed by atoms with van der Waals surface area (Å²) in [4.78, 5) is 40.3. The number of carbonyl (C=O) groups excluding carboxylic acids is 3. The van der Waals surface area contributed by atoms with Crippen LogP contribution in [0.15, 0.2) is 59.0 Å². The van der Waals surface area contributed by atoms with E-state index in [0.717, 1.165) is 36.2 Å². The first kappa shape index (κ1) is 25.5. The summed E-state index contributed by atoms with van der Waals surface area (Å²) in [6.45, 7) is 11.3. The van der Waals surface area contributed by atoms with E-state index in [1.807, 2.05) is 43.3 Å². The Kier molecular flexibility index (Phi) is 6.18. The van der Waals surface area contributed by atoms with Crippen LogP contribution in [0.25, 0.3) is 0 Å². The average Bonchev–Trinajstić information content (AvgIpc) is 3.23. The number of ether oxygens (including phenoxy) is 1. The predicted octanol–water partition coefficient (Wildman–Crippen LogP) is 6.80. The number of rotatable bonds is 3. The van der Waals surface area contributed by atoms with Crippen LogP contribution >= 0.6 is 11.8 Å². The summed E-state index contributed by atoms with van der Waals surface area (Å²) in [6.07, 6.45) is 10.1. The van der Waals surface area contributed by atoms with Crippen LogP contribution in [-0.2, 0) is 19.1 Å². The lowest BCUT2D eigenvalue weighted by molar-refractivity contribution is -0.191. The quantitative estimate of drug-likeness (QED) is 0.256. The van der Waals surface area contributed by atoms with Crippen LogP contribution in [0, 0.1) is 39.4 Å². The van der Waals surface area contributed by atoms with E-state index >= 15 is 0 Å². The van der Waals surface area contributed by atoms with Crippen molar-refractivity contribution in [1.82, 2.24) is 0 Å². The predicted molar refractivity (Wildman–Crippen MR) is 142 cm³/mol. The number of fused-ring (bicyclic) bond motifs is 4. The van der Waals surface area contributed by atoms with Crippen molar-refractivity contribution in [3.8, 4) is 0 Å². The molecule has 1 saturated heterocycles. The molecule has 3 fully saturated rings. The molecule has 1 aromatic rings. The Labute approximate surface area is 219 Å². The molecule has 3 aliphatic carbocycles. The van der Waals surface area contributed by atoms with Crippen molar-refractivity contribution in [2.24, 2.45) is 39.4 Å². The Morgan fingerprint density at radius 2 is 1.75 bits per heavy atom. The molecule has 1 heterocycles. The average molecular weight is 507 g/mol. The van der Waals surface area contributed by atoms with Crippen molar-refractivity contribution in [3.05, 3.63) is 54.1 Å². The molecule has 1 spiro atoms. The molecule has 5 rings (SSSR count). The molecule has 0 bridgehead atoms. The second-order valence-electron chi connectivity index (χ2n) is 12.6. The second-order valence-corrected chi connectivity index (χ2v) is 13.6. The molecule has 1 aliphatic heterocycles. The molecule has 0 N–H and O–H groups in total. The molecule has 1 unspecified atom stereocenters. The summed E-state index contributed by atoms with van der Waals surface area (Å²) >= 11 is 1.25. The molecule has 36 heavy (non-hydrogen) atoms. The zero-order valence-electron chi connectivity index (χ0n) is 22.1. The smallest absolute Gasteiger partial charge is 0.306 e. The zero-order chi connectivity index (χ0) is 25.9. The van der Waals surface area contributed by atoms with Gasteiger partial charge in [0, 0.05) is 15.7 Å². The highest BCUT2D eigenvalue weighted by atomic mass is 32.2. The molecule has 192 valence electrons. The maximum atomic E-state index is 13.6. The van der Waals surface area contributed by atoms with E-state index < -0.39 is 10.8 Å². The van der Waals surface area contributed by atoms with Gasteiger partial charge in [-0.25, -0.2) is 0 Å². The molecule has 0 amide bonds. The maximum Gasteiger partial charge on any atom is 0.306 e. The molecule has 4 aliphatic rings. The third-order valence-electron chi connectivity index (χ3n) is 10.6. The van der Waals surface area contributed by atoms with Crippen LogP contribution in [0.4, 0.5) is 0 Å². The van der Waals surface area contributed by atoms with E-state index in [1.54, 1.807) is 0 Å². The first-order valence-electron chi connectivity index (χ1n) is 13.3. The van der Waals surface area contributed by atoms with Crippen molar-refractivity contribution >= 4 is 28.6 Å². The highest BCUT2D eigenvalue weighted by Gasteiger charge is 2.70. The van der Waals surface area contributed by atoms with Crippen molar-refractivity contribution < 1.29 is 19.1 Å². The van der Waals surface area contributed by atoms with Gasteiger partial charge < -0.3 is 4.74 Å². The third kappa shape index (κ3) is 3.68. The van der Waals surface area contributed by atoms with Crippen LogP contribution in [0.5, 0.6) is 0 Å². The lowest BCUT2D eigenvalue weighted by Gasteiger charge is -2.67. The van der Waals surface area contributed by atoms with Crippen LogP contribution in [0.3, 0.4) is 0 Å². The molecule has 1 aromatic carbocycles. The van der Waals surface area contributed by atoms with Crippen molar-refractivity contribution in [2.45, 2.75) is 71.6 Å². The first-order valence-corrected chi connectivity index (χ1v) is 14.1. The van der Waals surface area contributed by atoms with Gasteiger partial charge in [0.1, 0.15) is 0 Å². The molecule has 0 aromatic heterocycles. The minimum Gasteiger partial charge on any atom is -0.465 e. The van der Waals surface area contributed by atoms with Crippen molar-refractivity contribution in [2.75, 3.05) is 6.61 Å². The Morgan fingerprint density at radius 3 is 2.42 bits per heavy atom. The van der Waals surface area contributed by atoms with Gasteiger partial charge in [-0.3, -0.25) is 14.4 Å². The number of hydrogen-bond donors (Lipinski definition) is 0. The molecule has 6 atom stereocenters. The Balaban J connectivity index is 1.51. The number of esters is 1. The minimum atomic E-state index is -0.452.